The molecule has 1 aromatic carbocycles. The van der Waals surface area contributed by atoms with Crippen LogP contribution in [-0.4, -0.2) is 48.1 Å². The number of rotatable bonds is 3. The Kier molecular flexibility index (Phi) is 3.62. The molecule has 0 saturated heterocycles. The number of nitrogens with zero attached hydrogens (tertiary/aromatic N) is 3. The largest absolute Gasteiger partial charge is 0.342 e. The topological polar surface area (TPSA) is 37.6 Å². The average molecular weight is 341 g/mol. The summed E-state index contributed by atoms with van der Waals surface area (Å²) in [6, 6.07) is 2.97. The van der Waals surface area contributed by atoms with Gasteiger partial charge >= 0.3 is 0 Å². The molecule has 0 radical (unpaired) electrons. The Morgan fingerprint density at radius 2 is 2.04 bits per heavy atom. The summed E-state index contributed by atoms with van der Waals surface area (Å²) in [5.41, 5.74) is 4.72. The van der Waals surface area contributed by atoms with Crippen molar-refractivity contribution in [3.8, 4) is 0 Å². The van der Waals surface area contributed by atoms with Crippen molar-refractivity contribution < 1.29 is 9.18 Å². The highest BCUT2D eigenvalue weighted by molar-refractivity contribution is 6.22. The predicted octanol–water partition coefficient (Wildman–Crippen LogP) is 3.30. The quantitative estimate of drug-likeness (QED) is 0.859. The zero-order valence-electron chi connectivity index (χ0n) is 15.3. The first-order chi connectivity index (χ1) is 11.8. The Hall–Kier alpha value is -2.01. The third-order valence-corrected chi connectivity index (χ3v) is 5.30. The van der Waals surface area contributed by atoms with Crippen molar-refractivity contribution in [3.05, 3.63) is 34.8 Å². The third-order valence-electron chi connectivity index (χ3n) is 5.30. The van der Waals surface area contributed by atoms with Gasteiger partial charge < -0.3 is 9.47 Å². The van der Waals surface area contributed by atoms with Gasteiger partial charge in [-0.2, -0.15) is 0 Å². The summed E-state index contributed by atoms with van der Waals surface area (Å²) < 4.78 is 16.5. The number of halogens is 1. The van der Waals surface area contributed by atoms with Gasteiger partial charge in [0.2, 0.25) is 0 Å². The molecule has 25 heavy (non-hydrogen) atoms. The second-order valence-corrected chi connectivity index (χ2v) is 8.33. The number of hydrogen-bond donors (Lipinski definition) is 0. The number of benzene rings is 1. The molecule has 2 aliphatic rings. The van der Waals surface area contributed by atoms with E-state index in [1.807, 2.05) is 14.1 Å². The zero-order chi connectivity index (χ0) is 17.9. The molecular weight excluding hydrogens is 317 g/mol. The number of aliphatic imine (C=N–C) groups is 1. The van der Waals surface area contributed by atoms with Crippen LogP contribution < -0.4 is 0 Å². The van der Waals surface area contributed by atoms with Gasteiger partial charge in [0, 0.05) is 41.0 Å². The fraction of sp³-hybridized carbons (Fsp3) is 0.500. The van der Waals surface area contributed by atoms with Crippen molar-refractivity contribution in [2.75, 3.05) is 27.2 Å². The van der Waals surface area contributed by atoms with Crippen molar-refractivity contribution >= 4 is 22.4 Å². The molecule has 0 unspecified atom stereocenters. The Morgan fingerprint density at radius 3 is 2.76 bits per heavy atom. The first-order valence-electron chi connectivity index (χ1n) is 8.83. The van der Waals surface area contributed by atoms with Crippen LogP contribution in [-0.2, 0) is 13.0 Å². The van der Waals surface area contributed by atoms with Gasteiger partial charge in [0.05, 0.1) is 5.52 Å². The van der Waals surface area contributed by atoms with Crippen LogP contribution in [0.25, 0.3) is 10.9 Å². The molecule has 0 N–H and O–H groups in total. The number of carbonyl (C=O) groups is 1. The van der Waals surface area contributed by atoms with Crippen molar-refractivity contribution in [1.29, 1.82) is 0 Å². The number of aromatic nitrogens is 1. The van der Waals surface area contributed by atoms with E-state index in [9.17, 15) is 9.18 Å². The number of Topliss-reactive ketones (excluding diaryl/α,β-unsaturated/α-hetero) is 1. The average Bonchev–Trinajstić information content (AvgIpc) is 2.73. The minimum Gasteiger partial charge on any atom is -0.342 e. The maximum Gasteiger partial charge on any atom is 0.185 e. The molecule has 1 aliphatic heterocycles. The minimum absolute atomic E-state index is 0.0855. The minimum atomic E-state index is -0.348. The molecule has 0 saturated carbocycles. The van der Waals surface area contributed by atoms with Gasteiger partial charge in [-0.1, -0.05) is 13.8 Å². The summed E-state index contributed by atoms with van der Waals surface area (Å²) >= 11 is 0. The highest BCUT2D eigenvalue weighted by atomic mass is 19.1. The first-order valence-corrected chi connectivity index (χ1v) is 8.83. The fourth-order valence-corrected chi connectivity index (χ4v) is 4.21. The van der Waals surface area contributed by atoms with Crippen LogP contribution in [0.2, 0.25) is 0 Å². The molecular formula is C20H24FN3O. The number of ketones is 1. The van der Waals surface area contributed by atoms with Crippen LogP contribution in [0, 0.1) is 11.2 Å². The maximum atomic E-state index is 14.3. The Morgan fingerprint density at radius 1 is 1.28 bits per heavy atom. The lowest BCUT2D eigenvalue weighted by Crippen LogP contribution is -2.29. The molecule has 1 aromatic heterocycles. The number of hydrogen-bond acceptors (Lipinski definition) is 3. The van der Waals surface area contributed by atoms with E-state index in [0.29, 0.717) is 5.56 Å². The highest BCUT2D eigenvalue weighted by Gasteiger charge is 2.37. The standard InChI is InChI=1S/C20H24FN3O/c1-20(2)9-14-19-16(10-20)24(6-5-23(3)4)15-8-12(21)7-13(18(15)19)17(25)11-22-14/h7-8H,5-6,9-11H2,1-4H3. The molecule has 1 aliphatic carbocycles. The zero-order valence-corrected chi connectivity index (χ0v) is 15.3. The molecule has 4 rings (SSSR count). The SMILES string of the molecule is CN(C)CCn1c2c3c4c(cc(F)cc41)C(=O)CN=C3CC(C)(C)C2. The number of carbonyl (C=O) groups excluding carboxylic acids is 1. The van der Waals surface area contributed by atoms with E-state index in [1.54, 1.807) is 6.07 Å². The molecule has 0 spiro atoms. The number of likely N-dealkylation sites (N-methyl/N-ethyl adjacent to an activating group) is 1. The second kappa shape index (κ2) is 5.49. The summed E-state index contributed by atoms with van der Waals surface area (Å²) in [5, 5.41) is 0.909. The molecule has 5 heteroatoms. The van der Waals surface area contributed by atoms with Crippen LogP contribution in [0.15, 0.2) is 17.1 Å². The molecule has 0 amide bonds. The summed E-state index contributed by atoms with van der Waals surface area (Å²) in [5.74, 6) is -0.434. The van der Waals surface area contributed by atoms with E-state index in [2.05, 4.69) is 28.3 Å². The Bertz CT molecular complexity index is 921. The van der Waals surface area contributed by atoms with Crippen molar-refractivity contribution in [2.24, 2.45) is 10.4 Å². The van der Waals surface area contributed by atoms with E-state index in [-0.39, 0.29) is 23.6 Å². The Balaban J connectivity index is 2.06. The van der Waals surface area contributed by atoms with E-state index < -0.39 is 0 Å². The van der Waals surface area contributed by atoms with E-state index >= 15 is 0 Å². The van der Waals surface area contributed by atoms with Gasteiger partial charge in [-0.15, -0.1) is 0 Å². The summed E-state index contributed by atoms with van der Waals surface area (Å²) in [6.07, 6.45) is 1.77. The predicted molar refractivity (Wildman–Crippen MR) is 98.3 cm³/mol. The van der Waals surface area contributed by atoms with E-state index in [1.165, 1.54) is 11.8 Å². The lowest BCUT2D eigenvalue weighted by atomic mass is 9.75. The maximum absolute atomic E-state index is 14.3. The molecule has 2 heterocycles. The lowest BCUT2D eigenvalue weighted by Gasteiger charge is -2.32. The van der Waals surface area contributed by atoms with Crippen LogP contribution in [0.3, 0.4) is 0 Å². The molecule has 132 valence electrons. The molecule has 2 aromatic rings. The molecule has 4 nitrogen and oxygen atoms in total. The highest BCUT2D eigenvalue weighted by Crippen LogP contribution is 2.42. The van der Waals surface area contributed by atoms with E-state index in [4.69, 9.17) is 0 Å². The van der Waals surface area contributed by atoms with E-state index in [0.717, 1.165) is 48.1 Å². The Labute approximate surface area is 147 Å². The second-order valence-electron chi connectivity index (χ2n) is 8.33. The van der Waals surface area contributed by atoms with Gasteiger partial charge in [0.1, 0.15) is 12.4 Å². The first kappa shape index (κ1) is 16.5. The summed E-state index contributed by atoms with van der Waals surface area (Å²) in [7, 11) is 4.07. The van der Waals surface area contributed by atoms with Crippen molar-refractivity contribution in [1.82, 2.24) is 9.47 Å². The molecule has 0 atom stereocenters. The lowest BCUT2D eigenvalue weighted by molar-refractivity contribution is 0.100. The monoisotopic (exact) mass is 341 g/mol. The molecule has 0 bridgehead atoms. The van der Waals surface area contributed by atoms with Gasteiger partial charge in [0.15, 0.2) is 5.78 Å². The normalized spacial score (nSPS) is 18.6. The van der Waals surface area contributed by atoms with Gasteiger partial charge in [-0.25, -0.2) is 4.39 Å². The smallest absolute Gasteiger partial charge is 0.185 e. The van der Waals surface area contributed by atoms with Crippen molar-refractivity contribution in [2.45, 2.75) is 33.2 Å². The fourth-order valence-electron chi connectivity index (χ4n) is 4.21. The van der Waals surface area contributed by atoms with Gasteiger partial charge in [0.25, 0.3) is 0 Å². The van der Waals surface area contributed by atoms with Crippen LogP contribution in [0.5, 0.6) is 0 Å². The van der Waals surface area contributed by atoms with Crippen LogP contribution in [0.4, 0.5) is 4.39 Å². The summed E-state index contributed by atoms with van der Waals surface area (Å²) in [4.78, 5) is 19.3. The van der Waals surface area contributed by atoms with Crippen molar-refractivity contribution in [3.63, 3.8) is 0 Å². The molecule has 0 fully saturated rings. The van der Waals surface area contributed by atoms with Gasteiger partial charge in [-0.3, -0.25) is 9.79 Å². The third kappa shape index (κ3) is 2.61. The van der Waals surface area contributed by atoms with Crippen LogP contribution >= 0.6 is 0 Å². The van der Waals surface area contributed by atoms with Gasteiger partial charge in [-0.05, 0) is 44.5 Å². The van der Waals surface area contributed by atoms with Crippen LogP contribution in [0.1, 0.15) is 41.9 Å². The summed E-state index contributed by atoms with van der Waals surface area (Å²) in [6.45, 7) is 6.24.